The molecule has 0 unspecified atom stereocenters. The van der Waals surface area contributed by atoms with E-state index >= 15 is 0 Å². The number of hydrogen-bond acceptors (Lipinski definition) is 9. The number of nitrogens with zero attached hydrogens (tertiary/aromatic N) is 4. The van der Waals surface area contributed by atoms with Gasteiger partial charge in [-0.15, -0.1) is 11.3 Å². The van der Waals surface area contributed by atoms with Gasteiger partial charge in [0.05, 0.1) is 43.8 Å². The molecular weight excluding hydrogens is 611 g/mol. The molecule has 0 saturated heterocycles. The van der Waals surface area contributed by atoms with Gasteiger partial charge in [0, 0.05) is 34.0 Å². The van der Waals surface area contributed by atoms with Crippen molar-refractivity contribution in [2.45, 2.75) is 18.4 Å². The van der Waals surface area contributed by atoms with Gasteiger partial charge in [-0.25, -0.2) is 18.2 Å². The molecule has 41 heavy (non-hydrogen) atoms. The highest BCUT2D eigenvalue weighted by Crippen LogP contribution is 2.39. The fourth-order valence-corrected chi connectivity index (χ4v) is 7.30. The first-order chi connectivity index (χ1) is 19.4. The molecule has 0 spiro atoms. The zero-order valence-corrected chi connectivity index (χ0v) is 24.5. The number of rotatable bonds is 7. The van der Waals surface area contributed by atoms with E-state index in [9.17, 15) is 28.4 Å². The molecule has 0 bridgehead atoms. The molecule has 5 rings (SSSR count). The molecular formula is C27H18Cl2N4O6S2. The molecule has 0 radical (unpaired) electrons. The molecule has 3 heterocycles. The molecule has 208 valence electrons. The van der Waals surface area contributed by atoms with Crippen LogP contribution < -0.4 is 10.3 Å². The van der Waals surface area contributed by atoms with E-state index in [1.807, 2.05) is 6.07 Å². The number of aryl methyl sites for hydroxylation is 1. The average molecular weight is 630 g/mol. The molecule has 0 aliphatic carbocycles. The lowest BCUT2D eigenvalue weighted by molar-refractivity contribution is 0.0699. The molecule has 10 nitrogen and oxygen atoms in total. The molecule has 2 aromatic carbocycles. The maximum atomic E-state index is 13.5. The number of carbonyl (C=O) groups is 1. The summed E-state index contributed by atoms with van der Waals surface area (Å²) in [5.41, 5.74) is 0.848. The van der Waals surface area contributed by atoms with Crippen LogP contribution in [0.3, 0.4) is 0 Å². The van der Waals surface area contributed by atoms with Crippen LogP contribution in [0, 0.1) is 18.3 Å². The van der Waals surface area contributed by atoms with Crippen molar-refractivity contribution in [2.75, 3.05) is 12.9 Å². The molecule has 5 aromatic rings. The van der Waals surface area contributed by atoms with Crippen molar-refractivity contribution in [1.82, 2.24) is 14.5 Å². The number of aromatic carboxylic acids is 1. The van der Waals surface area contributed by atoms with Gasteiger partial charge in [0.25, 0.3) is 5.56 Å². The number of nitriles is 1. The van der Waals surface area contributed by atoms with Crippen molar-refractivity contribution >= 4 is 71.5 Å². The van der Waals surface area contributed by atoms with E-state index < -0.39 is 26.3 Å². The SMILES string of the molecule is Cc1nc2cc(Cl)c(S(C)(=O)=O)c(C#N)c2c(=O)n1CCOc1ccc(Cl)cc1-c1ccnc2c(C(=O)O)csc12. The van der Waals surface area contributed by atoms with Gasteiger partial charge in [-0.05, 0) is 37.3 Å². The first-order valence-electron chi connectivity index (χ1n) is 11.8. The first-order valence-corrected chi connectivity index (χ1v) is 15.3. The van der Waals surface area contributed by atoms with E-state index in [1.54, 1.807) is 31.2 Å². The highest BCUT2D eigenvalue weighted by molar-refractivity contribution is 7.91. The Kier molecular flexibility index (Phi) is 7.48. The Bertz CT molecular complexity index is 2120. The number of benzene rings is 2. The van der Waals surface area contributed by atoms with Crippen LogP contribution in [-0.2, 0) is 16.4 Å². The minimum absolute atomic E-state index is 0.00395. The van der Waals surface area contributed by atoms with E-state index in [2.05, 4.69) is 9.97 Å². The van der Waals surface area contributed by atoms with E-state index in [0.29, 0.717) is 37.9 Å². The van der Waals surface area contributed by atoms with Crippen LogP contribution in [0.15, 0.2) is 51.6 Å². The van der Waals surface area contributed by atoms with E-state index in [-0.39, 0.29) is 40.2 Å². The quantitative estimate of drug-likeness (QED) is 0.251. The zero-order chi connectivity index (χ0) is 29.6. The van der Waals surface area contributed by atoms with Crippen LogP contribution in [-0.4, -0.2) is 46.9 Å². The number of ether oxygens (including phenoxy) is 1. The van der Waals surface area contributed by atoms with Gasteiger partial charge >= 0.3 is 5.97 Å². The van der Waals surface area contributed by atoms with Crippen LogP contribution in [0.4, 0.5) is 0 Å². The Morgan fingerprint density at radius 1 is 1.22 bits per heavy atom. The number of fused-ring (bicyclic) bond motifs is 2. The number of aromatic nitrogens is 3. The van der Waals surface area contributed by atoms with Crippen LogP contribution in [0.25, 0.3) is 32.2 Å². The van der Waals surface area contributed by atoms with Crippen molar-refractivity contribution in [3.8, 4) is 22.9 Å². The Morgan fingerprint density at radius 2 is 1.98 bits per heavy atom. The number of carboxylic acid groups (broad SMARTS) is 1. The van der Waals surface area contributed by atoms with Crippen molar-refractivity contribution in [3.05, 3.63) is 79.3 Å². The fourth-order valence-electron chi connectivity index (χ4n) is 4.55. The van der Waals surface area contributed by atoms with Crippen molar-refractivity contribution in [3.63, 3.8) is 0 Å². The van der Waals surface area contributed by atoms with Gasteiger partial charge in [-0.2, -0.15) is 5.26 Å². The minimum Gasteiger partial charge on any atom is -0.491 e. The summed E-state index contributed by atoms with van der Waals surface area (Å²) in [4.78, 5) is 33.3. The summed E-state index contributed by atoms with van der Waals surface area (Å²) in [6.07, 6.45) is 2.42. The van der Waals surface area contributed by atoms with Gasteiger partial charge in [0.15, 0.2) is 9.84 Å². The van der Waals surface area contributed by atoms with Crippen molar-refractivity contribution < 1.29 is 23.1 Å². The van der Waals surface area contributed by atoms with E-state index in [1.165, 1.54) is 33.5 Å². The number of pyridine rings is 1. The Morgan fingerprint density at radius 3 is 2.66 bits per heavy atom. The van der Waals surface area contributed by atoms with Gasteiger partial charge in [-0.1, -0.05) is 23.2 Å². The number of halogens is 2. The summed E-state index contributed by atoms with van der Waals surface area (Å²) >= 11 is 13.7. The smallest absolute Gasteiger partial charge is 0.338 e. The van der Waals surface area contributed by atoms with Gasteiger partial charge in [0.2, 0.25) is 0 Å². The molecule has 0 saturated carbocycles. The summed E-state index contributed by atoms with van der Waals surface area (Å²) in [6, 6.07) is 9.80. The summed E-state index contributed by atoms with van der Waals surface area (Å²) < 4.78 is 32.7. The van der Waals surface area contributed by atoms with Gasteiger partial charge in [0.1, 0.15) is 29.1 Å². The summed E-state index contributed by atoms with van der Waals surface area (Å²) in [7, 11) is -3.92. The molecule has 14 heteroatoms. The predicted octanol–water partition coefficient (Wildman–Crippen LogP) is 5.34. The Hall–Kier alpha value is -4.02. The lowest BCUT2D eigenvalue weighted by atomic mass is 10.0. The van der Waals surface area contributed by atoms with Crippen molar-refractivity contribution in [1.29, 1.82) is 5.26 Å². The Labute approximate surface area is 246 Å². The van der Waals surface area contributed by atoms with E-state index in [4.69, 9.17) is 27.9 Å². The molecule has 1 N–H and O–H groups in total. The summed E-state index contributed by atoms with van der Waals surface area (Å²) in [5.74, 6) is -0.348. The van der Waals surface area contributed by atoms with E-state index in [0.717, 1.165) is 6.26 Å². The Balaban J connectivity index is 1.53. The average Bonchev–Trinajstić information content (AvgIpc) is 3.34. The molecule has 3 aromatic heterocycles. The molecule has 0 amide bonds. The first kappa shape index (κ1) is 28.5. The number of thiophene rings is 1. The largest absolute Gasteiger partial charge is 0.491 e. The second-order valence-corrected chi connectivity index (χ2v) is 12.6. The topological polar surface area (TPSA) is 152 Å². The summed E-state index contributed by atoms with van der Waals surface area (Å²) in [6.45, 7) is 1.62. The maximum absolute atomic E-state index is 13.5. The standard InChI is InChI=1S/C27H18Cl2N4O6S2/c1-13-32-20-10-19(29)25(41(2,37)38)17(11-30)22(20)26(34)33(13)7-8-39-21-4-3-14(28)9-16(21)15-5-6-31-23-18(27(35)36)12-40-24(15)23/h3-6,9-10,12H,7-8H2,1-2H3,(H,35,36). The third-order valence-corrected chi connectivity index (χ3v) is 9.13. The second-order valence-electron chi connectivity index (χ2n) is 8.94. The number of sulfone groups is 1. The highest BCUT2D eigenvalue weighted by Gasteiger charge is 2.24. The van der Waals surface area contributed by atoms with Crippen LogP contribution in [0.5, 0.6) is 5.75 Å². The molecule has 0 aliphatic heterocycles. The lowest BCUT2D eigenvalue weighted by Gasteiger charge is -2.16. The molecule has 0 fully saturated rings. The molecule has 0 aliphatic rings. The molecule has 0 atom stereocenters. The normalized spacial score (nSPS) is 11.6. The predicted molar refractivity (Wildman–Crippen MR) is 156 cm³/mol. The number of hydrogen-bond donors (Lipinski definition) is 1. The third-order valence-electron chi connectivity index (χ3n) is 6.32. The van der Waals surface area contributed by atoms with Crippen LogP contribution in [0.1, 0.15) is 21.7 Å². The van der Waals surface area contributed by atoms with Crippen LogP contribution >= 0.6 is 34.5 Å². The van der Waals surface area contributed by atoms with Crippen LogP contribution in [0.2, 0.25) is 10.0 Å². The lowest BCUT2D eigenvalue weighted by Crippen LogP contribution is -2.27. The monoisotopic (exact) mass is 628 g/mol. The highest BCUT2D eigenvalue weighted by atomic mass is 35.5. The summed E-state index contributed by atoms with van der Waals surface area (Å²) in [5, 5.41) is 20.9. The second kappa shape index (κ2) is 10.8. The maximum Gasteiger partial charge on any atom is 0.338 e. The minimum atomic E-state index is -3.92. The van der Waals surface area contributed by atoms with Gasteiger partial charge < -0.3 is 9.84 Å². The fraction of sp³-hybridized carbons (Fsp3) is 0.148. The van der Waals surface area contributed by atoms with Crippen molar-refractivity contribution in [2.24, 2.45) is 0 Å². The number of carboxylic acids is 1. The zero-order valence-electron chi connectivity index (χ0n) is 21.3. The van der Waals surface area contributed by atoms with Gasteiger partial charge in [-0.3, -0.25) is 14.3 Å². The third kappa shape index (κ3) is 5.13.